The Balaban J connectivity index is 1.42. The Bertz CT molecular complexity index is 1170. The molecule has 0 aliphatic heterocycles. The number of aryl methyl sites for hydroxylation is 1. The number of hydrogen-bond donors (Lipinski definition) is 1. The van der Waals surface area contributed by atoms with Gasteiger partial charge in [0.1, 0.15) is 35.2 Å². The molecule has 0 atom stereocenters. The van der Waals surface area contributed by atoms with E-state index in [9.17, 15) is 9.18 Å². The van der Waals surface area contributed by atoms with Gasteiger partial charge in [0.05, 0.1) is 5.69 Å². The normalized spacial score (nSPS) is 10.6. The number of nitrogens with zero attached hydrogens (tertiary/aromatic N) is 2. The van der Waals surface area contributed by atoms with Crippen molar-refractivity contribution in [2.75, 3.05) is 0 Å². The van der Waals surface area contributed by atoms with Crippen LogP contribution in [0.25, 0.3) is 11.3 Å². The van der Waals surface area contributed by atoms with Gasteiger partial charge in [0.25, 0.3) is 5.91 Å². The van der Waals surface area contributed by atoms with Gasteiger partial charge in [-0.3, -0.25) is 9.78 Å². The number of halogens is 1. The van der Waals surface area contributed by atoms with Crippen LogP contribution in [0.1, 0.15) is 27.4 Å². The molecule has 0 saturated heterocycles. The summed E-state index contributed by atoms with van der Waals surface area (Å²) in [5.41, 5.74) is 3.02. The number of rotatable bonds is 7. The maximum Gasteiger partial charge on any atom is 0.257 e. The van der Waals surface area contributed by atoms with E-state index in [-0.39, 0.29) is 11.7 Å². The van der Waals surface area contributed by atoms with E-state index in [1.807, 2.05) is 42.5 Å². The predicted octanol–water partition coefficient (Wildman–Crippen LogP) is 4.69. The molecule has 0 unspecified atom stereocenters. The second-order valence-electron chi connectivity index (χ2n) is 6.91. The van der Waals surface area contributed by atoms with Crippen molar-refractivity contribution in [1.29, 1.82) is 0 Å². The van der Waals surface area contributed by atoms with Crippen molar-refractivity contribution in [3.63, 3.8) is 0 Å². The third kappa shape index (κ3) is 4.95. The second kappa shape index (κ2) is 9.21. The molecule has 1 N–H and O–H groups in total. The first kappa shape index (κ1) is 20.3. The molecule has 0 saturated carbocycles. The molecular weight excluding hydrogens is 397 g/mol. The number of benzene rings is 2. The molecule has 0 fully saturated rings. The van der Waals surface area contributed by atoms with Gasteiger partial charge in [-0.15, -0.1) is 0 Å². The lowest BCUT2D eigenvalue weighted by Crippen LogP contribution is -2.23. The van der Waals surface area contributed by atoms with Gasteiger partial charge >= 0.3 is 0 Å². The topological polar surface area (TPSA) is 77.2 Å². The lowest BCUT2D eigenvalue weighted by atomic mass is 10.1. The van der Waals surface area contributed by atoms with E-state index >= 15 is 0 Å². The van der Waals surface area contributed by atoms with Crippen LogP contribution in [0.5, 0.6) is 5.75 Å². The fraction of sp³-hybridized carbons (Fsp3) is 0.125. The Labute approximate surface area is 178 Å². The van der Waals surface area contributed by atoms with Crippen LogP contribution in [0.15, 0.2) is 77.4 Å². The maximum absolute atomic E-state index is 13.2. The summed E-state index contributed by atoms with van der Waals surface area (Å²) in [4.78, 5) is 17.1. The van der Waals surface area contributed by atoms with Crippen LogP contribution in [0.4, 0.5) is 4.39 Å². The van der Waals surface area contributed by atoms with Crippen molar-refractivity contribution < 1.29 is 18.4 Å². The Hall–Kier alpha value is -4.00. The number of hydrogen-bond acceptors (Lipinski definition) is 5. The van der Waals surface area contributed by atoms with Crippen LogP contribution >= 0.6 is 0 Å². The van der Waals surface area contributed by atoms with Crippen LogP contribution in [-0.2, 0) is 13.2 Å². The van der Waals surface area contributed by atoms with E-state index in [1.54, 1.807) is 25.3 Å². The zero-order chi connectivity index (χ0) is 21.6. The van der Waals surface area contributed by atoms with Crippen LogP contribution in [0, 0.1) is 12.7 Å². The SMILES string of the molecule is Cc1onc(-c2ccc(F)cc2)c1C(=O)NCc1cccc(OCc2ccccn2)c1. The van der Waals surface area contributed by atoms with Gasteiger partial charge in [-0.05, 0) is 61.0 Å². The first-order chi connectivity index (χ1) is 15.1. The molecule has 0 radical (unpaired) electrons. The molecule has 2 aromatic carbocycles. The number of ether oxygens (including phenoxy) is 1. The highest BCUT2D eigenvalue weighted by Crippen LogP contribution is 2.25. The molecule has 4 rings (SSSR count). The molecule has 2 aromatic heterocycles. The number of aromatic nitrogens is 2. The highest BCUT2D eigenvalue weighted by atomic mass is 19.1. The molecule has 0 aliphatic carbocycles. The second-order valence-corrected chi connectivity index (χ2v) is 6.91. The van der Waals surface area contributed by atoms with Gasteiger partial charge in [0.15, 0.2) is 0 Å². The van der Waals surface area contributed by atoms with E-state index in [1.165, 1.54) is 12.1 Å². The standard InChI is InChI=1S/C24H20FN3O3/c1-16-22(23(28-31-16)18-8-10-19(25)11-9-18)24(29)27-14-17-5-4-7-21(13-17)30-15-20-6-2-3-12-26-20/h2-13H,14-15H2,1H3,(H,27,29). The van der Waals surface area contributed by atoms with Crippen molar-refractivity contribution in [3.05, 3.63) is 101 Å². The molecule has 1 amide bonds. The van der Waals surface area contributed by atoms with Crippen LogP contribution in [0.3, 0.4) is 0 Å². The summed E-state index contributed by atoms with van der Waals surface area (Å²) >= 11 is 0. The molecular formula is C24H20FN3O3. The van der Waals surface area contributed by atoms with Gasteiger partial charge in [-0.1, -0.05) is 23.4 Å². The molecule has 156 valence electrons. The van der Waals surface area contributed by atoms with Crippen molar-refractivity contribution >= 4 is 5.91 Å². The largest absolute Gasteiger partial charge is 0.487 e. The van der Waals surface area contributed by atoms with Crippen molar-refractivity contribution in [2.24, 2.45) is 0 Å². The quantitative estimate of drug-likeness (QED) is 0.472. The molecule has 4 aromatic rings. The summed E-state index contributed by atoms with van der Waals surface area (Å²) in [5.74, 6) is 0.396. The first-order valence-corrected chi connectivity index (χ1v) is 9.72. The Kier molecular flexibility index (Phi) is 6.03. The van der Waals surface area contributed by atoms with Gasteiger partial charge < -0.3 is 14.6 Å². The highest BCUT2D eigenvalue weighted by molar-refractivity contribution is 6.00. The Morgan fingerprint density at radius 2 is 1.94 bits per heavy atom. The van der Waals surface area contributed by atoms with Crippen LogP contribution < -0.4 is 10.1 Å². The number of carbonyl (C=O) groups excluding carboxylic acids is 1. The summed E-state index contributed by atoms with van der Waals surface area (Å²) in [7, 11) is 0. The van der Waals surface area contributed by atoms with Gasteiger partial charge in [0.2, 0.25) is 0 Å². The monoisotopic (exact) mass is 417 g/mol. The third-order valence-electron chi connectivity index (χ3n) is 4.67. The first-order valence-electron chi connectivity index (χ1n) is 9.72. The predicted molar refractivity (Wildman–Crippen MR) is 113 cm³/mol. The zero-order valence-electron chi connectivity index (χ0n) is 16.8. The maximum atomic E-state index is 13.2. The minimum absolute atomic E-state index is 0.299. The molecule has 0 aliphatic rings. The van der Waals surface area contributed by atoms with E-state index in [2.05, 4.69) is 15.5 Å². The highest BCUT2D eigenvalue weighted by Gasteiger charge is 2.21. The molecule has 31 heavy (non-hydrogen) atoms. The smallest absolute Gasteiger partial charge is 0.257 e. The lowest BCUT2D eigenvalue weighted by molar-refractivity contribution is 0.0950. The average Bonchev–Trinajstić information content (AvgIpc) is 3.19. The summed E-state index contributed by atoms with van der Waals surface area (Å²) in [6.45, 7) is 2.33. The van der Waals surface area contributed by atoms with E-state index in [0.29, 0.717) is 41.5 Å². The average molecular weight is 417 g/mol. The number of amides is 1. The lowest BCUT2D eigenvalue weighted by Gasteiger charge is -2.09. The minimum atomic E-state index is -0.361. The van der Waals surface area contributed by atoms with Gasteiger partial charge in [-0.2, -0.15) is 0 Å². The van der Waals surface area contributed by atoms with Crippen molar-refractivity contribution in [1.82, 2.24) is 15.5 Å². The van der Waals surface area contributed by atoms with Crippen LogP contribution in [0.2, 0.25) is 0 Å². The zero-order valence-corrected chi connectivity index (χ0v) is 16.8. The molecule has 0 spiro atoms. The van der Waals surface area contributed by atoms with E-state index < -0.39 is 0 Å². The summed E-state index contributed by atoms with van der Waals surface area (Å²) < 4.78 is 24.2. The number of carbonyl (C=O) groups is 1. The van der Waals surface area contributed by atoms with E-state index in [0.717, 1.165) is 11.3 Å². The summed E-state index contributed by atoms with van der Waals surface area (Å²) in [5, 5.41) is 6.86. The number of pyridine rings is 1. The van der Waals surface area contributed by atoms with Gasteiger partial charge in [0, 0.05) is 18.3 Å². The fourth-order valence-corrected chi connectivity index (χ4v) is 3.10. The van der Waals surface area contributed by atoms with Crippen molar-refractivity contribution in [3.8, 4) is 17.0 Å². The van der Waals surface area contributed by atoms with Crippen molar-refractivity contribution in [2.45, 2.75) is 20.1 Å². The summed E-state index contributed by atoms with van der Waals surface area (Å²) in [6, 6.07) is 18.9. The fourth-order valence-electron chi connectivity index (χ4n) is 3.10. The molecule has 7 heteroatoms. The Morgan fingerprint density at radius 3 is 2.71 bits per heavy atom. The molecule has 6 nitrogen and oxygen atoms in total. The van der Waals surface area contributed by atoms with Crippen LogP contribution in [-0.4, -0.2) is 16.0 Å². The Morgan fingerprint density at radius 1 is 1.10 bits per heavy atom. The molecule has 2 heterocycles. The minimum Gasteiger partial charge on any atom is -0.487 e. The molecule has 0 bridgehead atoms. The number of nitrogens with one attached hydrogen (secondary N) is 1. The van der Waals surface area contributed by atoms with E-state index in [4.69, 9.17) is 9.26 Å². The van der Waals surface area contributed by atoms with Gasteiger partial charge in [-0.25, -0.2) is 4.39 Å². The summed E-state index contributed by atoms with van der Waals surface area (Å²) in [6.07, 6.45) is 1.72. The third-order valence-corrected chi connectivity index (χ3v) is 4.67.